The summed E-state index contributed by atoms with van der Waals surface area (Å²) in [7, 11) is 1.58. The molecule has 0 radical (unpaired) electrons. The number of likely N-dealkylation sites (N-methyl/N-ethyl adjacent to an activating group) is 1. The fraction of sp³-hybridized carbons (Fsp3) is 0.222. The van der Waals surface area contributed by atoms with Crippen molar-refractivity contribution in [3.05, 3.63) is 104 Å². The molecule has 0 aliphatic heterocycles. The third-order valence-corrected chi connectivity index (χ3v) is 5.61. The maximum absolute atomic E-state index is 11.5. The van der Waals surface area contributed by atoms with Crippen LogP contribution in [0, 0.1) is 13.8 Å². The van der Waals surface area contributed by atoms with Crippen LogP contribution in [0.15, 0.2) is 74.8 Å². The quantitative estimate of drug-likeness (QED) is 0.300. The minimum Gasteiger partial charge on any atom is -0.489 e. The van der Waals surface area contributed by atoms with Crippen LogP contribution in [-0.4, -0.2) is 24.3 Å². The minimum absolute atomic E-state index is 0. The largest absolute Gasteiger partial charge is 1.00 e. The van der Waals surface area contributed by atoms with Gasteiger partial charge >= 0.3 is 57.1 Å². The monoisotopic (exact) mass is 527 g/mol. The molecule has 1 heterocycles. The summed E-state index contributed by atoms with van der Waals surface area (Å²) < 4.78 is 17.2. The van der Waals surface area contributed by atoms with Gasteiger partial charge in [-0.3, -0.25) is 14.3 Å². The molecule has 186 valence electrons. The number of hydrogen-bond donors (Lipinski definition) is 1. The van der Waals surface area contributed by atoms with Crippen LogP contribution in [0.2, 0.25) is 0 Å². The number of rotatable bonds is 9. The summed E-state index contributed by atoms with van der Waals surface area (Å²) in [5, 5.41) is 2.54. The van der Waals surface area contributed by atoms with Crippen molar-refractivity contribution in [1.82, 2.24) is 15.0 Å². The second-order valence-electron chi connectivity index (χ2n) is 8.32. The van der Waals surface area contributed by atoms with E-state index in [0.29, 0.717) is 18.1 Å². The van der Waals surface area contributed by atoms with Crippen molar-refractivity contribution >= 4 is 5.91 Å². The number of amides is 1. The smallest absolute Gasteiger partial charge is 0.489 e. The topological polar surface area (TPSA) is 114 Å². The Hall–Kier alpha value is -2.89. The molecule has 4 aromatic rings. The molecule has 0 spiro atoms. The third kappa shape index (κ3) is 7.56. The average molecular weight is 528 g/mol. The normalized spacial score (nSPS) is 10.5. The van der Waals surface area contributed by atoms with Crippen molar-refractivity contribution in [3.8, 4) is 22.6 Å². The van der Waals surface area contributed by atoms with Crippen molar-refractivity contribution in [2.45, 2.75) is 27.0 Å². The van der Waals surface area contributed by atoms with Crippen LogP contribution < -0.4 is 82.6 Å². The molecule has 1 N–H and O–H groups in total. The Bertz CT molecular complexity index is 1460. The first-order valence-electron chi connectivity index (χ1n) is 11.3. The first-order chi connectivity index (χ1) is 17.3. The predicted octanol–water partition coefficient (Wildman–Crippen LogP) is -0.201. The van der Waals surface area contributed by atoms with Gasteiger partial charge in [0.05, 0.1) is 0 Å². The summed E-state index contributed by atoms with van der Waals surface area (Å²) >= 11 is 0. The molecule has 0 atom stereocenters. The van der Waals surface area contributed by atoms with Gasteiger partial charge in [0.2, 0.25) is 0 Å². The standard InChI is InChI=1S/C27H27N3O6.K/c1-17-11-23(35-16-24(31)28-3)12-18(2)25(17)21-6-4-5-20(13-21)15-34-22-9-7-19(8-10-22)14-30-26(32)29-27(33)36-30;/h4-13H,14-16H2,1-3H3,(H2,28,29,31,32,33);/q;+1/p-1. The molecule has 1 amide bonds. The van der Waals surface area contributed by atoms with Crippen LogP contribution in [0.3, 0.4) is 0 Å². The average Bonchev–Trinajstić information content (AvgIpc) is 3.18. The minimum atomic E-state index is -0.905. The molecule has 0 saturated heterocycles. The van der Waals surface area contributed by atoms with Crippen molar-refractivity contribution in [1.29, 1.82) is 0 Å². The first-order valence-corrected chi connectivity index (χ1v) is 11.3. The summed E-state index contributed by atoms with van der Waals surface area (Å²) in [5.41, 5.74) is 5.34. The zero-order chi connectivity index (χ0) is 25.7. The molecule has 0 saturated carbocycles. The van der Waals surface area contributed by atoms with Crippen molar-refractivity contribution in [2.75, 3.05) is 13.7 Å². The van der Waals surface area contributed by atoms with Gasteiger partial charge in [-0.2, -0.15) is 0 Å². The van der Waals surface area contributed by atoms with Crippen LogP contribution in [0.5, 0.6) is 11.5 Å². The second-order valence-corrected chi connectivity index (χ2v) is 8.32. The molecular weight excluding hydrogens is 501 g/mol. The number of hydrogen-bond acceptors (Lipinski definition) is 6. The number of ether oxygens (including phenoxy) is 2. The van der Waals surface area contributed by atoms with Gasteiger partial charge in [-0.05, 0) is 77.6 Å². The van der Waals surface area contributed by atoms with E-state index in [4.69, 9.17) is 14.0 Å². The molecule has 4 rings (SSSR count). The van der Waals surface area contributed by atoms with Crippen molar-refractivity contribution < 1.29 is 70.2 Å². The van der Waals surface area contributed by atoms with Gasteiger partial charge in [0.1, 0.15) is 18.1 Å². The second kappa shape index (κ2) is 13.1. The summed E-state index contributed by atoms with van der Waals surface area (Å²) in [6.45, 7) is 4.50. The zero-order valence-electron chi connectivity index (χ0n) is 21.2. The molecule has 9 nitrogen and oxygen atoms in total. The van der Waals surface area contributed by atoms with Gasteiger partial charge < -0.3 is 24.3 Å². The SMILES string of the molecule is CNC(=O)COc1cc(C)c(-c2cccc(COc3ccc(Cn4oc(=O)[n-]c4=O)cc3)c2)c(C)c1.[K+]. The maximum Gasteiger partial charge on any atom is 1.00 e. The molecule has 0 aliphatic rings. The van der Waals surface area contributed by atoms with E-state index >= 15 is 0 Å². The van der Waals surface area contributed by atoms with Gasteiger partial charge in [0, 0.05) is 13.6 Å². The van der Waals surface area contributed by atoms with E-state index in [1.54, 1.807) is 31.3 Å². The van der Waals surface area contributed by atoms with Crippen molar-refractivity contribution in [3.63, 3.8) is 0 Å². The van der Waals surface area contributed by atoms with Crippen LogP contribution >= 0.6 is 0 Å². The van der Waals surface area contributed by atoms with Crippen LogP contribution in [-0.2, 0) is 17.9 Å². The third-order valence-electron chi connectivity index (χ3n) is 5.61. The number of nitrogens with one attached hydrogen (secondary N) is 1. The fourth-order valence-electron chi connectivity index (χ4n) is 3.91. The Morgan fingerprint density at radius 3 is 2.27 bits per heavy atom. The number of nitrogens with zero attached hydrogens (tertiary/aromatic N) is 2. The Labute approximate surface area is 256 Å². The summed E-state index contributed by atoms with van der Waals surface area (Å²) in [6, 6.07) is 19.2. The summed E-state index contributed by atoms with van der Waals surface area (Å²) in [5.74, 6) is 0.239. The van der Waals surface area contributed by atoms with Crippen LogP contribution in [0.4, 0.5) is 0 Å². The van der Waals surface area contributed by atoms with Crippen LogP contribution in [0.25, 0.3) is 11.1 Å². The van der Waals surface area contributed by atoms with Gasteiger partial charge in [0.25, 0.3) is 5.91 Å². The van der Waals surface area contributed by atoms with E-state index in [2.05, 4.69) is 22.4 Å². The van der Waals surface area contributed by atoms with Crippen LogP contribution in [0.1, 0.15) is 22.3 Å². The molecule has 37 heavy (non-hydrogen) atoms. The maximum atomic E-state index is 11.5. The number of benzene rings is 3. The summed E-state index contributed by atoms with van der Waals surface area (Å²) in [4.78, 5) is 37.3. The van der Waals surface area contributed by atoms with E-state index in [9.17, 15) is 14.4 Å². The predicted molar refractivity (Wildman–Crippen MR) is 133 cm³/mol. The Balaban J connectivity index is 0.00000380. The van der Waals surface area contributed by atoms with E-state index < -0.39 is 11.4 Å². The van der Waals surface area contributed by atoms with Gasteiger partial charge in [0.15, 0.2) is 12.3 Å². The molecule has 3 aromatic carbocycles. The molecule has 0 bridgehead atoms. The summed E-state index contributed by atoms with van der Waals surface area (Å²) in [6.07, 6.45) is 0. The van der Waals surface area contributed by atoms with Gasteiger partial charge in [-0.1, -0.05) is 30.3 Å². The molecule has 1 aromatic heterocycles. The zero-order valence-corrected chi connectivity index (χ0v) is 24.4. The molecular formula is C27H26KN3O6. The van der Waals surface area contributed by atoms with Crippen molar-refractivity contribution in [2.24, 2.45) is 0 Å². The van der Waals surface area contributed by atoms with E-state index in [0.717, 1.165) is 38.1 Å². The first kappa shape index (κ1) is 28.7. The molecule has 10 heteroatoms. The fourth-order valence-corrected chi connectivity index (χ4v) is 3.91. The molecule has 0 aliphatic carbocycles. The van der Waals surface area contributed by atoms with E-state index in [1.165, 1.54) is 0 Å². The molecule has 0 fully saturated rings. The number of carbonyl (C=O) groups excluding carboxylic acids is 1. The van der Waals surface area contributed by atoms with E-state index in [-0.39, 0.29) is 70.4 Å². The Morgan fingerprint density at radius 1 is 0.946 bits per heavy atom. The Morgan fingerprint density at radius 2 is 1.65 bits per heavy atom. The Kier molecular flexibility index (Phi) is 10.1. The number of aryl methyl sites for hydroxylation is 2. The van der Waals surface area contributed by atoms with E-state index in [1.807, 2.05) is 38.1 Å². The number of carbonyl (C=O) groups is 1. The molecule has 0 unspecified atom stereocenters. The van der Waals surface area contributed by atoms with Gasteiger partial charge in [-0.15, -0.1) is 0 Å². The van der Waals surface area contributed by atoms with Gasteiger partial charge in [-0.25, -0.2) is 4.79 Å². The number of aromatic nitrogens is 2.